The number of hydrogen-bond donors (Lipinski definition) is 0. The highest BCUT2D eigenvalue weighted by Crippen LogP contribution is 2.20. The van der Waals surface area contributed by atoms with Crippen LogP contribution in [0.3, 0.4) is 0 Å². The lowest BCUT2D eigenvalue weighted by Crippen LogP contribution is -1.80. The monoisotopic (exact) mass is 178 g/mol. The summed E-state index contributed by atoms with van der Waals surface area (Å²) < 4.78 is 2.03. The average Bonchev–Trinajstić information content (AvgIpc) is 2.32. The average molecular weight is 178 g/mol. The Morgan fingerprint density at radius 3 is 2.75 bits per heavy atom. The molecular formula is C9H11N2P. The summed E-state index contributed by atoms with van der Waals surface area (Å²) in [5, 5.41) is 0. The van der Waals surface area contributed by atoms with Crippen molar-refractivity contribution in [2.45, 2.75) is 13.8 Å². The summed E-state index contributed by atoms with van der Waals surface area (Å²) in [6, 6.07) is 6.22. The van der Waals surface area contributed by atoms with Crippen LogP contribution in [-0.2, 0) is 0 Å². The minimum absolute atomic E-state index is 1.03. The van der Waals surface area contributed by atoms with Crippen LogP contribution in [0, 0.1) is 13.8 Å². The van der Waals surface area contributed by atoms with Gasteiger partial charge >= 0.3 is 0 Å². The number of aromatic nitrogens is 2. The molecule has 1 heterocycles. The quantitative estimate of drug-likeness (QED) is 0.566. The third-order valence-electron chi connectivity index (χ3n) is 2.10. The van der Waals surface area contributed by atoms with Gasteiger partial charge in [-0.2, -0.15) is 0 Å². The van der Waals surface area contributed by atoms with E-state index >= 15 is 0 Å². The first-order valence-electron chi connectivity index (χ1n) is 3.90. The Hall–Kier alpha value is -0.880. The van der Waals surface area contributed by atoms with E-state index in [9.17, 15) is 0 Å². The van der Waals surface area contributed by atoms with E-state index in [1.54, 1.807) is 0 Å². The van der Waals surface area contributed by atoms with Crippen molar-refractivity contribution in [2.24, 2.45) is 0 Å². The molecule has 2 nitrogen and oxygen atoms in total. The van der Waals surface area contributed by atoms with E-state index in [-0.39, 0.29) is 0 Å². The van der Waals surface area contributed by atoms with Crippen molar-refractivity contribution in [3.63, 3.8) is 0 Å². The van der Waals surface area contributed by atoms with E-state index in [1.807, 2.05) is 11.3 Å². The number of rotatable bonds is 0. The fraction of sp³-hybridized carbons (Fsp3) is 0.222. The Bertz CT molecular complexity index is 431. The van der Waals surface area contributed by atoms with Crippen LogP contribution in [0.2, 0.25) is 0 Å². The molecule has 0 radical (unpaired) electrons. The predicted octanol–water partition coefficient (Wildman–Crippen LogP) is 2.29. The molecule has 0 aliphatic rings. The van der Waals surface area contributed by atoms with Crippen LogP contribution in [0.4, 0.5) is 0 Å². The zero-order chi connectivity index (χ0) is 8.72. The van der Waals surface area contributed by atoms with E-state index in [1.165, 1.54) is 11.1 Å². The lowest BCUT2D eigenvalue weighted by Gasteiger charge is -1.95. The van der Waals surface area contributed by atoms with Crippen molar-refractivity contribution in [2.75, 3.05) is 0 Å². The van der Waals surface area contributed by atoms with Crippen LogP contribution in [0.5, 0.6) is 0 Å². The molecule has 2 aromatic rings. The molecule has 62 valence electrons. The highest BCUT2D eigenvalue weighted by molar-refractivity contribution is 7.15. The molecule has 0 fully saturated rings. The third-order valence-corrected chi connectivity index (χ3v) is 2.75. The van der Waals surface area contributed by atoms with Crippen molar-refractivity contribution in [1.29, 1.82) is 0 Å². The molecule has 0 saturated heterocycles. The van der Waals surface area contributed by atoms with Crippen LogP contribution in [0.1, 0.15) is 11.4 Å². The standard InChI is InChI=1S/C9H11N2P/c1-6-4-3-5-8-9(6)10-7(2)11(8)12/h3-5H,12H2,1-2H3. The fourth-order valence-corrected chi connectivity index (χ4v) is 1.64. The number of imidazole rings is 1. The van der Waals surface area contributed by atoms with Gasteiger partial charge in [-0.15, -0.1) is 0 Å². The van der Waals surface area contributed by atoms with Crippen LogP contribution >= 0.6 is 9.39 Å². The van der Waals surface area contributed by atoms with E-state index in [4.69, 9.17) is 0 Å². The van der Waals surface area contributed by atoms with Gasteiger partial charge in [-0.1, -0.05) is 12.1 Å². The van der Waals surface area contributed by atoms with Gasteiger partial charge in [0.1, 0.15) is 5.82 Å². The van der Waals surface area contributed by atoms with Crippen molar-refractivity contribution in [1.82, 2.24) is 9.32 Å². The first-order chi connectivity index (χ1) is 5.70. The molecule has 0 bridgehead atoms. The summed E-state index contributed by atoms with van der Waals surface area (Å²) in [6.07, 6.45) is 0. The number of nitrogens with zero attached hydrogens (tertiary/aromatic N) is 2. The zero-order valence-corrected chi connectivity index (χ0v) is 8.36. The summed E-state index contributed by atoms with van der Waals surface area (Å²) in [7, 11) is 2.66. The van der Waals surface area contributed by atoms with Gasteiger partial charge in [0.05, 0.1) is 11.0 Å². The number of para-hydroxylation sites is 1. The Labute approximate surface area is 73.9 Å². The maximum atomic E-state index is 4.45. The second-order valence-electron chi connectivity index (χ2n) is 2.97. The maximum Gasteiger partial charge on any atom is 0.109 e. The molecular weight excluding hydrogens is 167 g/mol. The Kier molecular flexibility index (Phi) is 1.66. The van der Waals surface area contributed by atoms with Gasteiger partial charge in [-0.05, 0) is 34.9 Å². The lowest BCUT2D eigenvalue weighted by atomic mass is 10.2. The van der Waals surface area contributed by atoms with Crippen LogP contribution in [0.25, 0.3) is 11.0 Å². The molecule has 1 atom stereocenters. The van der Waals surface area contributed by atoms with E-state index in [0.29, 0.717) is 0 Å². The maximum absolute atomic E-state index is 4.45. The Morgan fingerprint density at radius 2 is 2.08 bits per heavy atom. The zero-order valence-electron chi connectivity index (χ0n) is 7.20. The fourth-order valence-electron chi connectivity index (χ4n) is 1.37. The molecule has 0 amide bonds. The molecule has 1 unspecified atom stereocenters. The largest absolute Gasteiger partial charge is 0.312 e. The van der Waals surface area contributed by atoms with Crippen molar-refractivity contribution in [3.8, 4) is 0 Å². The van der Waals surface area contributed by atoms with E-state index < -0.39 is 0 Å². The van der Waals surface area contributed by atoms with Crippen molar-refractivity contribution < 1.29 is 0 Å². The number of fused-ring (bicyclic) bond motifs is 1. The third kappa shape index (κ3) is 0.953. The van der Waals surface area contributed by atoms with Gasteiger partial charge in [0.15, 0.2) is 0 Å². The normalized spacial score (nSPS) is 10.9. The minimum Gasteiger partial charge on any atom is -0.312 e. The summed E-state index contributed by atoms with van der Waals surface area (Å²) in [5.41, 5.74) is 3.51. The molecule has 0 saturated carbocycles. The predicted molar refractivity (Wildman–Crippen MR) is 54.3 cm³/mol. The first kappa shape index (κ1) is 7.75. The molecule has 0 aliphatic heterocycles. The van der Waals surface area contributed by atoms with Gasteiger partial charge in [-0.25, -0.2) is 4.98 Å². The van der Waals surface area contributed by atoms with E-state index in [2.05, 4.69) is 39.5 Å². The molecule has 1 aromatic carbocycles. The topological polar surface area (TPSA) is 17.8 Å². The van der Waals surface area contributed by atoms with Gasteiger partial charge in [0.25, 0.3) is 0 Å². The lowest BCUT2D eigenvalue weighted by molar-refractivity contribution is 1.12. The van der Waals surface area contributed by atoms with E-state index in [0.717, 1.165) is 11.3 Å². The molecule has 0 spiro atoms. The van der Waals surface area contributed by atoms with Crippen LogP contribution in [0.15, 0.2) is 18.2 Å². The van der Waals surface area contributed by atoms with Gasteiger partial charge in [0, 0.05) is 0 Å². The summed E-state index contributed by atoms with van der Waals surface area (Å²) in [4.78, 5) is 4.45. The summed E-state index contributed by atoms with van der Waals surface area (Å²) in [6.45, 7) is 4.09. The molecule has 0 aliphatic carbocycles. The molecule has 3 heteroatoms. The highest BCUT2D eigenvalue weighted by atomic mass is 31.0. The summed E-state index contributed by atoms with van der Waals surface area (Å²) >= 11 is 0. The number of hydrogen-bond acceptors (Lipinski definition) is 1. The molecule has 12 heavy (non-hydrogen) atoms. The second kappa shape index (κ2) is 2.56. The SMILES string of the molecule is Cc1cccc2c1nc(C)n2P. The van der Waals surface area contributed by atoms with Gasteiger partial charge in [0.2, 0.25) is 0 Å². The summed E-state index contributed by atoms with van der Waals surface area (Å²) in [5.74, 6) is 1.03. The smallest absolute Gasteiger partial charge is 0.109 e. The Morgan fingerprint density at radius 1 is 1.33 bits per heavy atom. The number of aryl methyl sites for hydroxylation is 2. The van der Waals surface area contributed by atoms with Crippen LogP contribution in [-0.4, -0.2) is 9.32 Å². The highest BCUT2D eigenvalue weighted by Gasteiger charge is 2.04. The molecule has 0 N–H and O–H groups in total. The van der Waals surface area contributed by atoms with Gasteiger partial charge < -0.3 is 4.34 Å². The van der Waals surface area contributed by atoms with Crippen molar-refractivity contribution >= 4 is 20.4 Å². The minimum atomic E-state index is 1.03. The Balaban J connectivity index is 2.95. The molecule has 1 aromatic heterocycles. The number of benzene rings is 1. The van der Waals surface area contributed by atoms with Crippen LogP contribution < -0.4 is 0 Å². The first-order valence-corrected chi connectivity index (χ1v) is 4.41. The van der Waals surface area contributed by atoms with Gasteiger partial charge in [-0.3, -0.25) is 0 Å². The molecule has 2 rings (SSSR count). The second-order valence-corrected chi connectivity index (χ2v) is 3.49. The van der Waals surface area contributed by atoms with Crippen molar-refractivity contribution in [3.05, 3.63) is 29.6 Å².